The summed E-state index contributed by atoms with van der Waals surface area (Å²) in [6.07, 6.45) is 1.65. The second-order valence-corrected chi connectivity index (χ2v) is 6.84. The molecule has 0 saturated carbocycles. The molecule has 0 radical (unpaired) electrons. The number of nitrogens with zero attached hydrogens (tertiary/aromatic N) is 2. The van der Waals surface area contributed by atoms with Gasteiger partial charge in [-0.15, -0.1) is 11.3 Å². The van der Waals surface area contributed by atoms with Crippen LogP contribution in [0, 0.1) is 6.92 Å². The van der Waals surface area contributed by atoms with Gasteiger partial charge in [-0.25, -0.2) is 18.1 Å². The largest absolute Gasteiger partial charge is 0.311 e. The summed E-state index contributed by atoms with van der Waals surface area (Å²) in [6.45, 7) is 4.99. The van der Waals surface area contributed by atoms with Gasteiger partial charge in [-0.3, -0.25) is 5.10 Å². The third-order valence-corrected chi connectivity index (χ3v) is 5.05. The van der Waals surface area contributed by atoms with Crippen LogP contribution < -0.4 is 10.0 Å². The first-order chi connectivity index (χ1) is 9.54. The Morgan fingerprint density at radius 3 is 2.85 bits per heavy atom. The average Bonchev–Trinajstić information content (AvgIpc) is 3.03. The Balaban J connectivity index is 2.18. The summed E-state index contributed by atoms with van der Waals surface area (Å²) in [6, 6.07) is 0. The maximum Gasteiger partial charge on any atom is 0.244 e. The summed E-state index contributed by atoms with van der Waals surface area (Å²) in [5.41, 5.74) is 1.03. The van der Waals surface area contributed by atoms with Gasteiger partial charge in [-0.05, 0) is 13.5 Å². The molecule has 0 amide bonds. The maximum absolute atomic E-state index is 12.4. The summed E-state index contributed by atoms with van der Waals surface area (Å²) >= 11 is 1.41. The molecular weight excluding hydrogens is 298 g/mol. The summed E-state index contributed by atoms with van der Waals surface area (Å²) < 4.78 is 27.3. The van der Waals surface area contributed by atoms with Crippen LogP contribution in [0.25, 0.3) is 0 Å². The zero-order valence-electron chi connectivity index (χ0n) is 11.3. The first kappa shape index (κ1) is 15.1. The van der Waals surface area contributed by atoms with Crippen molar-refractivity contribution < 1.29 is 8.42 Å². The minimum absolute atomic E-state index is 0.186. The normalized spacial score (nSPS) is 11.9. The number of rotatable bonds is 7. The lowest BCUT2D eigenvalue weighted by Crippen LogP contribution is -2.25. The summed E-state index contributed by atoms with van der Waals surface area (Å²) in [4.78, 5) is 4.27. The topological polar surface area (TPSA) is 99.8 Å². The highest BCUT2D eigenvalue weighted by Gasteiger charge is 2.23. The van der Waals surface area contributed by atoms with Gasteiger partial charge in [0.2, 0.25) is 10.0 Å². The zero-order chi connectivity index (χ0) is 14.6. The molecule has 0 unspecified atom stereocenters. The molecule has 0 spiro atoms. The van der Waals surface area contributed by atoms with Gasteiger partial charge in [0.15, 0.2) is 0 Å². The Hall–Kier alpha value is -1.29. The molecule has 2 rings (SSSR count). The highest BCUT2D eigenvalue weighted by Crippen LogP contribution is 2.18. The van der Waals surface area contributed by atoms with E-state index in [2.05, 4.69) is 25.2 Å². The minimum atomic E-state index is -3.60. The van der Waals surface area contributed by atoms with E-state index in [0.29, 0.717) is 17.9 Å². The van der Waals surface area contributed by atoms with Crippen LogP contribution in [-0.4, -0.2) is 30.1 Å². The average molecular weight is 315 g/mol. The third kappa shape index (κ3) is 3.42. The SMILES string of the molecule is CCNCc1n[nH]c(C)c1S(=O)(=O)NCc1nccs1. The van der Waals surface area contributed by atoms with Gasteiger partial charge in [0, 0.05) is 18.1 Å². The van der Waals surface area contributed by atoms with Crippen LogP contribution in [-0.2, 0) is 23.1 Å². The van der Waals surface area contributed by atoms with Crippen molar-refractivity contribution in [1.82, 2.24) is 25.2 Å². The van der Waals surface area contributed by atoms with Crippen LogP contribution in [0.15, 0.2) is 16.5 Å². The molecule has 0 aromatic carbocycles. The smallest absolute Gasteiger partial charge is 0.244 e. The molecule has 0 fully saturated rings. The van der Waals surface area contributed by atoms with E-state index in [-0.39, 0.29) is 11.4 Å². The van der Waals surface area contributed by atoms with E-state index in [1.165, 1.54) is 11.3 Å². The number of nitrogens with one attached hydrogen (secondary N) is 3. The lowest BCUT2D eigenvalue weighted by atomic mass is 10.3. The van der Waals surface area contributed by atoms with Gasteiger partial charge in [-0.1, -0.05) is 6.92 Å². The van der Waals surface area contributed by atoms with E-state index in [0.717, 1.165) is 11.6 Å². The van der Waals surface area contributed by atoms with Gasteiger partial charge in [0.1, 0.15) is 9.90 Å². The molecule has 2 heterocycles. The predicted octanol–water partition coefficient (Wildman–Crippen LogP) is 0.763. The van der Waals surface area contributed by atoms with E-state index in [1.807, 2.05) is 12.3 Å². The zero-order valence-corrected chi connectivity index (χ0v) is 12.9. The number of aromatic amines is 1. The molecular formula is C11H17N5O2S2. The number of aromatic nitrogens is 3. The first-order valence-corrected chi connectivity index (χ1v) is 8.53. The number of hydrogen-bond donors (Lipinski definition) is 3. The molecule has 9 heteroatoms. The molecule has 20 heavy (non-hydrogen) atoms. The lowest BCUT2D eigenvalue weighted by molar-refractivity contribution is 0.577. The molecule has 0 aliphatic carbocycles. The molecule has 0 aliphatic rings. The molecule has 110 valence electrons. The first-order valence-electron chi connectivity index (χ1n) is 6.17. The van der Waals surface area contributed by atoms with E-state index in [1.54, 1.807) is 13.1 Å². The van der Waals surface area contributed by atoms with Crippen molar-refractivity contribution in [2.75, 3.05) is 6.54 Å². The standard InChI is InChI=1S/C11H17N5O2S2/c1-3-12-6-9-11(8(2)15-16-9)20(17,18)14-7-10-13-4-5-19-10/h4-5,12,14H,3,6-7H2,1-2H3,(H,15,16). The van der Waals surface area contributed by atoms with E-state index < -0.39 is 10.0 Å². The van der Waals surface area contributed by atoms with Gasteiger partial charge in [0.25, 0.3) is 0 Å². The highest BCUT2D eigenvalue weighted by atomic mass is 32.2. The van der Waals surface area contributed by atoms with Crippen molar-refractivity contribution in [3.05, 3.63) is 28.0 Å². The fourth-order valence-electron chi connectivity index (χ4n) is 1.76. The van der Waals surface area contributed by atoms with Crippen LogP contribution in [0.2, 0.25) is 0 Å². The lowest BCUT2D eigenvalue weighted by Gasteiger charge is -2.07. The monoisotopic (exact) mass is 315 g/mol. The quantitative estimate of drug-likeness (QED) is 0.700. The van der Waals surface area contributed by atoms with Crippen molar-refractivity contribution in [3.63, 3.8) is 0 Å². The number of thiazole rings is 1. The molecule has 0 bridgehead atoms. The van der Waals surface area contributed by atoms with Crippen molar-refractivity contribution >= 4 is 21.4 Å². The van der Waals surface area contributed by atoms with Crippen LogP contribution >= 0.6 is 11.3 Å². The van der Waals surface area contributed by atoms with Crippen LogP contribution in [0.3, 0.4) is 0 Å². The Labute approximate surface area is 121 Å². The van der Waals surface area contributed by atoms with Gasteiger partial charge in [-0.2, -0.15) is 5.10 Å². The predicted molar refractivity (Wildman–Crippen MR) is 76.8 cm³/mol. The fourth-order valence-corrected chi connectivity index (χ4v) is 3.75. The Kier molecular flexibility index (Phi) is 4.86. The Morgan fingerprint density at radius 2 is 2.20 bits per heavy atom. The number of hydrogen-bond acceptors (Lipinski definition) is 6. The number of sulfonamides is 1. The molecule has 0 saturated heterocycles. The molecule has 2 aromatic heterocycles. The van der Waals surface area contributed by atoms with Gasteiger partial charge < -0.3 is 5.32 Å². The van der Waals surface area contributed by atoms with Gasteiger partial charge in [0.05, 0.1) is 17.9 Å². The van der Waals surface area contributed by atoms with Crippen LogP contribution in [0.1, 0.15) is 23.3 Å². The summed E-state index contributed by atoms with van der Waals surface area (Å²) in [5, 5.41) is 12.4. The molecule has 0 aliphatic heterocycles. The van der Waals surface area contributed by atoms with Crippen LogP contribution in [0.5, 0.6) is 0 Å². The molecule has 7 nitrogen and oxygen atoms in total. The van der Waals surface area contributed by atoms with Crippen molar-refractivity contribution in [1.29, 1.82) is 0 Å². The van der Waals surface area contributed by atoms with Crippen molar-refractivity contribution in [3.8, 4) is 0 Å². The van der Waals surface area contributed by atoms with Crippen molar-refractivity contribution in [2.45, 2.75) is 31.8 Å². The number of H-pyrrole nitrogens is 1. The van der Waals surface area contributed by atoms with Crippen molar-refractivity contribution in [2.24, 2.45) is 0 Å². The second-order valence-electron chi connectivity index (χ2n) is 4.16. The Bertz CT molecular complexity index is 648. The van der Waals surface area contributed by atoms with E-state index in [4.69, 9.17) is 0 Å². The number of aryl methyl sites for hydroxylation is 1. The fraction of sp³-hybridized carbons (Fsp3) is 0.455. The molecule has 3 N–H and O–H groups in total. The van der Waals surface area contributed by atoms with Gasteiger partial charge >= 0.3 is 0 Å². The second kappa shape index (κ2) is 6.44. The van der Waals surface area contributed by atoms with Crippen LogP contribution in [0.4, 0.5) is 0 Å². The summed E-state index contributed by atoms with van der Waals surface area (Å²) in [5.74, 6) is 0. The minimum Gasteiger partial charge on any atom is -0.311 e. The summed E-state index contributed by atoms with van der Waals surface area (Å²) in [7, 11) is -3.60. The maximum atomic E-state index is 12.4. The van der Waals surface area contributed by atoms with E-state index >= 15 is 0 Å². The Morgan fingerprint density at radius 1 is 1.40 bits per heavy atom. The molecule has 0 atom stereocenters. The van der Waals surface area contributed by atoms with E-state index in [9.17, 15) is 8.42 Å². The third-order valence-electron chi connectivity index (χ3n) is 2.67. The molecule has 2 aromatic rings. The highest BCUT2D eigenvalue weighted by molar-refractivity contribution is 7.89.